The molecule has 1 heterocycles. The molecule has 1 aliphatic heterocycles. The van der Waals surface area contributed by atoms with Crippen LogP contribution in [0.1, 0.15) is 6.92 Å². The Kier molecular flexibility index (Phi) is 2.11. The minimum absolute atomic E-state index is 0.267. The first-order valence-corrected chi connectivity index (χ1v) is 3.92. The quantitative estimate of drug-likeness (QED) is 0.585. The van der Waals surface area contributed by atoms with E-state index < -0.39 is 0 Å². The summed E-state index contributed by atoms with van der Waals surface area (Å²) in [5.41, 5.74) is 0. The van der Waals surface area contributed by atoms with Gasteiger partial charge in [0.1, 0.15) is 0 Å². The molecule has 10 heavy (non-hydrogen) atoms. The maximum Gasteiger partial charge on any atom is 0.264 e. The lowest BCUT2D eigenvalue weighted by atomic mass is 10.5. The zero-order valence-corrected chi connectivity index (χ0v) is 6.33. The number of thioether (sulfide) groups is 1. The number of carbonyl (C=O) groups excluding carboxylic acids is 2. The molecule has 2 amide bonds. The standard InChI is InChI=1S/C6H7NO2S/c1-2-10-4-3-5(8)7-6(4)9/h3H,2H2,1H3,(H,7,8,9). The molecule has 0 aromatic heterocycles. The van der Waals surface area contributed by atoms with Crippen LogP contribution in [0.4, 0.5) is 0 Å². The summed E-state index contributed by atoms with van der Waals surface area (Å²) in [6, 6.07) is 0. The summed E-state index contributed by atoms with van der Waals surface area (Å²) in [4.78, 5) is 21.8. The summed E-state index contributed by atoms with van der Waals surface area (Å²) in [7, 11) is 0. The number of hydrogen-bond donors (Lipinski definition) is 1. The van der Waals surface area contributed by atoms with Crippen molar-refractivity contribution in [1.29, 1.82) is 0 Å². The third-order valence-corrected chi connectivity index (χ3v) is 1.93. The highest BCUT2D eigenvalue weighted by Crippen LogP contribution is 2.17. The van der Waals surface area contributed by atoms with E-state index in [1.807, 2.05) is 6.92 Å². The molecule has 0 atom stereocenters. The van der Waals surface area contributed by atoms with Crippen molar-refractivity contribution in [2.24, 2.45) is 0 Å². The predicted octanol–water partition coefficient (Wildman–Crippen LogP) is 0.280. The van der Waals surface area contributed by atoms with Crippen molar-refractivity contribution in [3.8, 4) is 0 Å². The number of amides is 2. The molecule has 0 aromatic rings. The summed E-state index contributed by atoms with van der Waals surface area (Å²) in [5.74, 6) is 0.241. The lowest BCUT2D eigenvalue weighted by Gasteiger charge is -1.92. The van der Waals surface area contributed by atoms with Crippen molar-refractivity contribution < 1.29 is 9.59 Å². The van der Waals surface area contributed by atoms with Gasteiger partial charge in [-0.05, 0) is 5.75 Å². The molecule has 1 N–H and O–H groups in total. The van der Waals surface area contributed by atoms with Gasteiger partial charge in [-0.1, -0.05) is 6.92 Å². The Balaban J connectivity index is 2.65. The molecule has 0 saturated heterocycles. The van der Waals surface area contributed by atoms with E-state index in [4.69, 9.17) is 0 Å². The summed E-state index contributed by atoms with van der Waals surface area (Å²) < 4.78 is 0. The van der Waals surface area contributed by atoms with Gasteiger partial charge in [-0.3, -0.25) is 14.9 Å². The van der Waals surface area contributed by atoms with E-state index in [0.29, 0.717) is 4.91 Å². The van der Waals surface area contributed by atoms with Crippen LogP contribution >= 0.6 is 11.8 Å². The molecule has 3 nitrogen and oxygen atoms in total. The molecular weight excluding hydrogens is 150 g/mol. The minimum Gasteiger partial charge on any atom is -0.288 e. The highest BCUT2D eigenvalue weighted by Gasteiger charge is 2.19. The van der Waals surface area contributed by atoms with Gasteiger partial charge in [0, 0.05) is 6.08 Å². The van der Waals surface area contributed by atoms with Crippen molar-refractivity contribution in [3.63, 3.8) is 0 Å². The number of rotatable bonds is 2. The molecule has 0 aromatic carbocycles. The van der Waals surface area contributed by atoms with Crippen LogP contribution in [0.3, 0.4) is 0 Å². The van der Waals surface area contributed by atoms with Crippen molar-refractivity contribution in [3.05, 3.63) is 11.0 Å². The average Bonchev–Trinajstić information content (AvgIpc) is 2.13. The van der Waals surface area contributed by atoms with E-state index in [0.717, 1.165) is 5.75 Å². The molecule has 0 fully saturated rings. The van der Waals surface area contributed by atoms with Gasteiger partial charge in [0.15, 0.2) is 0 Å². The van der Waals surface area contributed by atoms with Crippen LogP contribution < -0.4 is 5.32 Å². The zero-order valence-electron chi connectivity index (χ0n) is 5.51. The van der Waals surface area contributed by atoms with E-state index in [1.165, 1.54) is 17.8 Å². The summed E-state index contributed by atoms with van der Waals surface area (Å²) in [6.07, 6.45) is 1.33. The number of hydrogen-bond acceptors (Lipinski definition) is 3. The first-order chi connectivity index (χ1) is 4.74. The minimum atomic E-state index is -0.305. The van der Waals surface area contributed by atoms with E-state index in [2.05, 4.69) is 5.32 Å². The fraction of sp³-hybridized carbons (Fsp3) is 0.333. The van der Waals surface area contributed by atoms with E-state index in [9.17, 15) is 9.59 Å². The SMILES string of the molecule is CCSC1=CC(=O)NC1=O. The Morgan fingerprint density at radius 3 is 2.70 bits per heavy atom. The second-order valence-corrected chi connectivity index (χ2v) is 3.07. The molecule has 0 spiro atoms. The van der Waals surface area contributed by atoms with Gasteiger partial charge in [0.2, 0.25) is 0 Å². The second kappa shape index (κ2) is 2.88. The van der Waals surface area contributed by atoms with Crippen LogP contribution in [-0.4, -0.2) is 17.6 Å². The molecule has 4 heteroatoms. The van der Waals surface area contributed by atoms with Crippen molar-refractivity contribution in [2.45, 2.75) is 6.92 Å². The molecule has 0 saturated carbocycles. The topological polar surface area (TPSA) is 46.2 Å². The van der Waals surface area contributed by atoms with Gasteiger partial charge in [-0.25, -0.2) is 0 Å². The van der Waals surface area contributed by atoms with E-state index in [-0.39, 0.29) is 11.8 Å². The smallest absolute Gasteiger partial charge is 0.264 e. The van der Waals surface area contributed by atoms with Crippen LogP contribution in [0.5, 0.6) is 0 Å². The number of carbonyl (C=O) groups is 2. The van der Waals surface area contributed by atoms with Crippen molar-refractivity contribution in [1.82, 2.24) is 5.32 Å². The maximum atomic E-state index is 10.8. The Morgan fingerprint density at radius 2 is 2.30 bits per heavy atom. The monoisotopic (exact) mass is 157 g/mol. The average molecular weight is 157 g/mol. The second-order valence-electron chi connectivity index (χ2n) is 1.76. The largest absolute Gasteiger partial charge is 0.288 e. The fourth-order valence-corrected chi connectivity index (χ4v) is 1.34. The maximum absolute atomic E-state index is 10.8. The first-order valence-electron chi connectivity index (χ1n) is 2.94. The Morgan fingerprint density at radius 1 is 1.60 bits per heavy atom. The highest BCUT2D eigenvalue weighted by atomic mass is 32.2. The van der Waals surface area contributed by atoms with Gasteiger partial charge >= 0.3 is 0 Å². The van der Waals surface area contributed by atoms with Crippen LogP contribution in [-0.2, 0) is 9.59 Å². The van der Waals surface area contributed by atoms with E-state index >= 15 is 0 Å². The molecule has 0 unspecified atom stereocenters. The van der Waals surface area contributed by atoms with Crippen LogP contribution in [0, 0.1) is 0 Å². The summed E-state index contributed by atoms with van der Waals surface area (Å²) in [5, 5.41) is 2.16. The lowest BCUT2D eigenvalue weighted by molar-refractivity contribution is -0.123. The number of imide groups is 1. The molecule has 1 rings (SSSR count). The van der Waals surface area contributed by atoms with Gasteiger partial charge in [-0.15, -0.1) is 11.8 Å². The van der Waals surface area contributed by atoms with E-state index in [1.54, 1.807) is 0 Å². The van der Waals surface area contributed by atoms with Crippen LogP contribution in [0.15, 0.2) is 11.0 Å². The lowest BCUT2D eigenvalue weighted by Crippen LogP contribution is -2.21. The predicted molar refractivity (Wildman–Crippen MR) is 39.4 cm³/mol. The highest BCUT2D eigenvalue weighted by molar-refractivity contribution is 8.04. The zero-order chi connectivity index (χ0) is 7.56. The van der Waals surface area contributed by atoms with Crippen LogP contribution in [0.2, 0.25) is 0 Å². The Bertz CT molecular complexity index is 210. The van der Waals surface area contributed by atoms with Crippen molar-refractivity contribution in [2.75, 3.05) is 5.75 Å². The van der Waals surface area contributed by atoms with Gasteiger partial charge in [-0.2, -0.15) is 0 Å². The summed E-state index contributed by atoms with van der Waals surface area (Å²) in [6.45, 7) is 1.93. The molecule has 0 radical (unpaired) electrons. The van der Waals surface area contributed by atoms with Crippen molar-refractivity contribution >= 4 is 23.6 Å². The van der Waals surface area contributed by atoms with Gasteiger partial charge in [0.05, 0.1) is 4.91 Å². The molecule has 1 aliphatic rings. The third-order valence-electron chi connectivity index (χ3n) is 1.02. The molecular formula is C6H7NO2S. The van der Waals surface area contributed by atoms with Gasteiger partial charge in [0.25, 0.3) is 11.8 Å². The van der Waals surface area contributed by atoms with Gasteiger partial charge < -0.3 is 0 Å². The fourth-order valence-electron chi connectivity index (χ4n) is 0.657. The number of nitrogens with one attached hydrogen (secondary N) is 1. The third kappa shape index (κ3) is 1.39. The Hall–Kier alpha value is -0.770. The van der Waals surface area contributed by atoms with Crippen LogP contribution in [0.25, 0.3) is 0 Å². The molecule has 54 valence electrons. The Labute approximate surface area is 62.9 Å². The molecule has 0 bridgehead atoms. The summed E-state index contributed by atoms with van der Waals surface area (Å²) >= 11 is 1.38. The molecule has 0 aliphatic carbocycles. The normalized spacial score (nSPS) is 17.1. The first kappa shape index (κ1) is 7.34.